The number of benzene rings is 2. The minimum absolute atomic E-state index is 0.584. The molecule has 3 aromatic rings. The number of hydrogen-bond donors (Lipinski definition) is 2. The molecule has 4 rings (SSSR count). The molecular formula is C22H25N5. The first-order valence-electron chi connectivity index (χ1n) is 9.47. The van der Waals surface area contributed by atoms with Gasteiger partial charge in [0, 0.05) is 36.3 Å². The Morgan fingerprint density at radius 3 is 2.41 bits per heavy atom. The lowest BCUT2D eigenvalue weighted by atomic mass is 10.1. The molecule has 0 spiro atoms. The van der Waals surface area contributed by atoms with Gasteiger partial charge in [-0.05, 0) is 68.7 Å². The topological polar surface area (TPSA) is 53.1 Å². The van der Waals surface area contributed by atoms with E-state index in [2.05, 4.69) is 81.8 Å². The van der Waals surface area contributed by atoms with E-state index in [1.807, 2.05) is 6.07 Å². The van der Waals surface area contributed by atoms with Crippen molar-refractivity contribution in [1.29, 1.82) is 0 Å². The van der Waals surface area contributed by atoms with E-state index in [1.54, 1.807) is 6.20 Å². The summed E-state index contributed by atoms with van der Waals surface area (Å²) in [5.41, 5.74) is 5.75. The lowest BCUT2D eigenvalue weighted by Gasteiger charge is -2.18. The van der Waals surface area contributed by atoms with Crippen molar-refractivity contribution >= 4 is 28.8 Å². The third-order valence-corrected chi connectivity index (χ3v) is 4.89. The largest absolute Gasteiger partial charge is 0.372 e. The first kappa shape index (κ1) is 17.3. The smallest absolute Gasteiger partial charge is 0.229 e. The van der Waals surface area contributed by atoms with Crippen molar-refractivity contribution in [1.82, 2.24) is 9.97 Å². The van der Waals surface area contributed by atoms with E-state index in [4.69, 9.17) is 0 Å². The van der Waals surface area contributed by atoms with Crippen LogP contribution in [0.3, 0.4) is 0 Å². The molecule has 1 aromatic heterocycles. The molecule has 2 N–H and O–H groups in total. The Hall–Kier alpha value is -3.08. The predicted molar refractivity (Wildman–Crippen MR) is 112 cm³/mol. The third-order valence-electron chi connectivity index (χ3n) is 4.89. The van der Waals surface area contributed by atoms with Crippen LogP contribution in [0.25, 0.3) is 0 Å². The number of aromatic nitrogens is 2. The summed E-state index contributed by atoms with van der Waals surface area (Å²) in [6.45, 7) is 6.49. The molecule has 138 valence electrons. The van der Waals surface area contributed by atoms with Crippen LogP contribution in [0.2, 0.25) is 0 Å². The molecule has 0 saturated carbocycles. The third kappa shape index (κ3) is 4.19. The van der Waals surface area contributed by atoms with Crippen LogP contribution in [0.4, 0.5) is 28.8 Å². The molecule has 0 amide bonds. The molecule has 2 aromatic carbocycles. The van der Waals surface area contributed by atoms with Crippen molar-refractivity contribution in [2.24, 2.45) is 0 Å². The zero-order chi connectivity index (χ0) is 18.6. The quantitative estimate of drug-likeness (QED) is 0.657. The molecule has 1 aliphatic heterocycles. The standard InChI is InChI=1S/C22H25N5/c1-16-5-10-20(17(2)15-16)25-22-23-12-11-21(26-22)24-18-6-8-19(9-7-18)27-13-3-4-14-27/h5-12,15H,3-4,13-14H2,1-2H3,(H2,23,24,25,26). The van der Waals surface area contributed by atoms with Crippen LogP contribution in [-0.4, -0.2) is 23.1 Å². The number of rotatable bonds is 5. The fourth-order valence-electron chi connectivity index (χ4n) is 3.44. The highest BCUT2D eigenvalue weighted by atomic mass is 15.2. The summed E-state index contributed by atoms with van der Waals surface area (Å²) in [5, 5.41) is 6.66. The van der Waals surface area contributed by atoms with Crippen LogP contribution in [0.15, 0.2) is 54.7 Å². The second-order valence-corrected chi connectivity index (χ2v) is 7.07. The molecule has 0 bridgehead atoms. The molecule has 0 aliphatic carbocycles. The zero-order valence-corrected chi connectivity index (χ0v) is 15.9. The molecule has 5 nitrogen and oxygen atoms in total. The number of nitrogens with zero attached hydrogens (tertiary/aromatic N) is 3. The van der Waals surface area contributed by atoms with Crippen molar-refractivity contribution < 1.29 is 0 Å². The maximum Gasteiger partial charge on any atom is 0.229 e. The van der Waals surface area contributed by atoms with E-state index in [1.165, 1.54) is 29.7 Å². The Bertz CT molecular complexity index is 914. The van der Waals surface area contributed by atoms with E-state index >= 15 is 0 Å². The van der Waals surface area contributed by atoms with Gasteiger partial charge in [-0.1, -0.05) is 17.7 Å². The first-order valence-corrected chi connectivity index (χ1v) is 9.47. The minimum Gasteiger partial charge on any atom is -0.372 e. The molecule has 27 heavy (non-hydrogen) atoms. The van der Waals surface area contributed by atoms with Crippen LogP contribution in [0.5, 0.6) is 0 Å². The van der Waals surface area contributed by atoms with Gasteiger partial charge in [0.25, 0.3) is 0 Å². The SMILES string of the molecule is Cc1ccc(Nc2nccc(Nc3ccc(N4CCCC4)cc3)n2)c(C)c1. The Labute approximate surface area is 160 Å². The average Bonchev–Trinajstić information content (AvgIpc) is 3.20. The van der Waals surface area contributed by atoms with Gasteiger partial charge < -0.3 is 15.5 Å². The molecule has 0 unspecified atom stereocenters. The number of anilines is 5. The molecule has 5 heteroatoms. The van der Waals surface area contributed by atoms with E-state index in [-0.39, 0.29) is 0 Å². The Kier molecular flexibility index (Phi) is 4.92. The molecule has 0 atom stereocenters. The summed E-state index contributed by atoms with van der Waals surface area (Å²) in [6.07, 6.45) is 4.34. The van der Waals surface area contributed by atoms with Gasteiger partial charge in [-0.2, -0.15) is 4.98 Å². The number of hydrogen-bond acceptors (Lipinski definition) is 5. The number of nitrogens with one attached hydrogen (secondary N) is 2. The molecule has 1 saturated heterocycles. The Morgan fingerprint density at radius 2 is 1.67 bits per heavy atom. The van der Waals surface area contributed by atoms with E-state index in [9.17, 15) is 0 Å². The summed E-state index contributed by atoms with van der Waals surface area (Å²) < 4.78 is 0. The van der Waals surface area contributed by atoms with Crippen molar-refractivity contribution in [3.63, 3.8) is 0 Å². The Morgan fingerprint density at radius 1 is 0.889 bits per heavy atom. The van der Waals surface area contributed by atoms with E-state index < -0.39 is 0 Å². The van der Waals surface area contributed by atoms with Crippen LogP contribution < -0.4 is 15.5 Å². The van der Waals surface area contributed by atoms with Crippen LogP contribution in [0, 0.1) is 13.8 Å². The second kappa shape index (κ2) is 7.66. The van der Waals surface area contributed by atoms with Crippen molar-refractivity contribution in [3.8, 4) is 0 Å². The van der Waals surface area contributed by atoms with E-state index in [0.29, 0.717) is 5.95 Å². The van der Waals surface area contributed by atoms with Gasteiger partial charge >= 0.3 is 0 Å². The van der Waals surface area contributed by atoms with Crippen LogP contribution in [-0.2, 0) is 0 Å². The highest BCUT2D eigenvalue weighted by molar-refractivity contribution is 5.63. The zero-order valence-electron chi connectivity index (χ0n) is 15.9. The molecule has 1 fully saturated rings. The summed E-state index contributed by atoms with van der Waals surface area (Å²) >= 11 is 0. The lowest BCUT2D eigenvalue weighted by molar-refractivity contribution is 0.949. The van der Waals surface area contributed by atoms with Gasteiger partial charge in [-0.15, -0.1) is 0 Å². The normalized spacial score (nSPS) is 13.6. The monoisotopic (exact) mass is 359 g/mol. The fraction of sp³-hybridized carbons (Fsp3) is 0.273. The summed E-state index contributed by atoms with van der Waals surface area (Å²) in [6, 6.07) is 16.7. The van der Waals surface area contributed by atoms with Gasteiger partial charge in [0.1, 0.15) is 5.82 Å². The maximum atomic E-state index is 4.58. The molecule has 1 aliphatic rings. The molecular weight excluding hydrogens is 334 g/mol. The molecule has 2 heterocycles. The van der Waals surface area contributed by atoms with Crippen molar-refractivity contribution in [3.05, 3.63) is 65.9 Å². The van der Waals surface area contributed by atoms with Crippen LogP contribution in [0.1, 0.15) is 24.0 Å². The van der Waals surface area contributed by atoms with Gasteiger partial charge in [0.05, 0.1) is 0 Å². The minimum atomic E-state index is 0.584. The number of aryl methyl sites for hydroxylation is 2. The summed E-state index contributed by atoms with van der Waals surface area (Å²) in [4.78, 5) is 11.4. The van der Waals surface area contributed by atoms with Crippen molar-refractivity contribution in [2.75, 3.05) is 28.6 Å². The highest BCUT2D eigenvalue weighted by Gasteiger charge is 2.11. The van der Waals surface area contributed by atoms with Gasteiger partial charge in [0.15, 0.2) is 0 Å². The lowest BCUT2D eigenvalue weighted by Crippen LogP contribution is -2.17. The fourth-order valence-corrected chi connectivity index (χ4v) is 3.44. The van der Waals surface area contributed by atoms with Gasteiger partial charge in [0.2, 0.25) is 5.95 Å². The first-order chi connectivity index (χ1) is 13.2. The highest BCUT2D eigenvalue weighted by Crippen LogP contribution is 2.24. The molecule has 0 radical (unpaired) electrons. The summed E-state index contributed by atoms with van der Waals surface area (Å²) in [5.74, 6) is 1.35. The van der Waals surface area contributed by atoms with Gasteiger partial charge in [-0.3, -0.25) is 0 Å². The average molecular weight is 359 g/mol. The van der Waals surface area contributed by atoms with Crippen molar-refractivity contribution in [2.45, 2.75) is 26.7 Å². The predicted octanol–water partition coefficient (Wildman–Crippen LogP) is 5.18. The van der Waals surface area contributed by atoms with E-state index in [0.717, 1.165) is 30.3 Å². The maximum absolute atomic E-state index is 4.58. The van der Waals surface area contributed by atoms with Crippen LogP contribution >= 0.6 is 0 Å². The summed E-state index contributed by atoms with van der Waals surface area (Å²) in [7, 11) is 0. The Balaban J connectivity index is 1.46. The second-order valence-electron chi connectivity index (χ2n) is 7.07. The van der Waals surface area contributed by atoms with Gasteiger partial charge in [-0.25, -0.2) is 4.98 Å².